The number of hydrogen-bond acceptors (Lipinski definition) is 4. The molecule has 244 valence electrons. The molecule has 1 aliphatic rings. The normalized spacial score (nSPS) is 17.1. The van der Waals surface area contributed by atoms with E-state index in [1.807, 2.05) is 4.90 Å². The smallest absolute Gasteiger partial charge is 0.225 e. The number of hydrogen-bond donors (Lipinski definition) is 0. The number of amides is 1. The second kappa shape index (κ2) is 18.6. The fourth-order valence-electron chi connectivity index (χ4n) is 5.05. The lowest BCUT2D eigenvalue weighted by Gasteiger charge is -2.43. The zero-order chi connectivity index (χ0) is 31.2. The lowest BCUT2D eigenvalue weighted by Crippen LogP contribution is -2.49. The summed E-state index contributed by atoms with van der Waals surface area (Å²) >= 11 is 0. The van der Waals surface area contributed by atoms with E-state index in [4.69, 9.17) is 13.6 Å². The van der Waals surface area contributed by atoms with Gasteiger partial charge in [-0.3, -0.25) is 4.79 Å². The van der Waals surface area contributed by atoms with Crippen LogP contribution in [0.3, 0.4) is 0 Å². The van der Waals surface area contributed by atoms with Gasteiger partial charge in [-0.2, -0.15) is 0 Å². The maximum absolute atomic E-state index is 13.4. The third kappa shape index (κ3) is 15.4. The summed E-state index contributed by atoms with van der Waals surface area (Å²) in [6.45, 7) is 28.1. The van der Waals surface area contributed by atoms with Crippen molar-refractivity contribution in [2.75, 3.05) is 26.3 Å². The lowest BCUT2D eigenvalue weighted by molar-refractivity contribution is -0.137. The number of nitrogens with zero attached hydrogens (tertiary/aromatic N) is 1. The Bertz CT molecular complexity index is 708. The van der Waals surface area contributed by atoms with Crippen LogP contribution in [0.15, 0.2) is 0 Å². The molecule has 0 spiro atoms. The molecule has 0 aliphatic carbocycles. The molecule has 0 aromatic carbocycles. The highest BCUT2D eigenvalue weighted by atomic mass is 28.4. The van der Waals surface area contributed by atoms with Crippen molar-refractivity contribution in [1.29, 1.82) is 0 Å². The summed E-state index contributed by atoms with van der Waals surface area (Å²) < 4.78 is 19.6. The van der Waals surface area contributed by atoms with Gasteiger partial charge in [0.2, 0.25) is 5.91 Å². The Morgan fingerprint density at radius 3 is 1.56 bits per heavy atom. The predicted molar refractivity (Wildman–Crippen MR) is 182 cm³/mol. The number of unbranched alkanes of at least 4 members (excludes halogenated alkanes) is 10. The lowest BCUT2D eigenvalue weighted by atomic mass is 10.0. The summed E-state index contributed by atoms with van der Waals surface area (Å²) in [5, 5.41) is 0.251. The van der Waals surface area contributed by atoms with Crippen LogP contribution in [-0.2, 0) is 18.4 Å². The highest BCUT2D eigenvalue weighted by Gasteiger charge is 2.42. The first kappa shape index (κ1) is 38.8. The van der Waals surface area contributed by atoms with Gasteiger partial charge in [0.05, 0.1) is 25.7 Å². The van der Waals surface area contributed by atoms with Crippen LogP contribution in [0, 0.1) is 0 Å². The fraction of sp³-hybridized carbons (Fsp3) is 0.971. The van der Waals surface area contributed by atoms with Gasteiger partial charge in [0.25, 0.3) is 0 Å². The molecular weight excluding hydrogens is 543 g/mol. The van der Waals surface area contributed by atoms with Gasteiger partial charge in [0.1, 0.15) is 0 Å². The molecule has 0 aromatic heterocycles. The number of ether oxygens (including phenoxy) is 1. The first-order valence-electron chi connectivity index (χ1n) is 17.2. The van der Waals surface area contributed by atoms with Crippen LogP contribution in [0.4, 0.5) is 0 Å². The molecule has 1 saturated heterocycles. The Labute approximate surface area is 258 Å². The van der Waals surface area contributed by atoms with Crippen LogP contribution < -0.4 is 0 Å². The molecule has 0 radical (unpaired) electrons. The molecule has 1 fully saturated rings. The minimum atomic E-state index is -2.05. The average Bonchev–Trinajstić information content (AvgIpc) is 2.85. The van der Waals surface area contributed by atoms with E-state index in [2.05, 4.69) is 74.7 Å². The third-order valence-corrected chi connectivity index (χ3v) is 19.0. The number of carbonyl (C=O) groups excluding carboxylic acids is 1. The standard InChI is InChI=1S/C34H71NO4Si2/c1-12-13-14-15-16-17-18-19-20-21-22-23-30(38-40(8,9)33(2,3)4)28-31(39-41(10,11)34(5,6)7)29-32(36)35-24-26-37-27-25-35/h30-31H,12-29H2,1-11H3/t30-,31-/m1/s1. The fourth-order valence-corrected chi connectivity index (χ4v) is 7.82. The van der Waals surface area contributed by atoms with E-state index in [1.54, 1.807) is 0 Å². The quantitative estimate of drug-likeness (QED) is 0.101. The highest BCUT2D eigenvalue weighted by Crippen LogP contribution is 2.41. The Morgan fingerprint density at radius 2 is 1.12 bits per heavy atom. The van der Waals surface area contributed by atoms with Crippen LogP contribution in [0.2, 0.25) is 36.3 Å². The maximum Gasteiger partial charge on any atom is 0.225 e. The summed E-state index contributed by atoms with van der Waals surface area (Å²) in [7, 11) is -4.01. The molecule has 5 nitrogen and oxygen atoms in total. The molecule has 0 bridgehead atoms. The van der Waals surface area contributed by atoms with Crippen LogP contribution in [-0.4, -0.2) is 66.0 Å². The monoisotopic (exact) mass is 613 g/mol. The molecule has 2 atom stereocenters. The second-order valence-electron chi connectivity index (χ2n) is 15.8. The SMILES string of the molecule is CCCCCCCCCCCCC[C@H](C[C@H](CC(=O)N1CCOCC1)O[Si](C)(C)C(C)(C)C)O[Si](C)(C)C(C)(C)C. The van der Waals surface area contributed by atoms with Crippen molar-refractivity contribution >= 4 is 22.5 Å². The van der Waals surface area contributed by atoms with Gasteiger partial charge >= 0.3 is 0 Å². The summed E-state index contributed by atoms with van der Waals surface area (Å²) in [5.41, 5.74) is 0. The van der Waals surface area contributed by atoms with Crippen molar-refractivity contribution < 1.29 is 18.4 Å². The van der Waals surface area contributed by atoms with Gasteiger partial charge in [0, 0.05) is 19.2 Å². The van der Waals surface area contributed by atoms with Crippen molar-refractivity contribution in [2.45, 2.75) is 187 Å². The van der Waals surface area contributed by atoms with Gasteiger partial charge < -0.3 is 18.5 Å². The molecule has 1 heterocycles. The zero-order valence-corrected chi connectivity index (χ0v) is 31.5. The Balaban J connectivity index is 2.86. The first-order valence-corrected chi connectivity index (χ1v) is 23.0. The summed E-state index contributed by atoms with van der Waals surface area (Å²) in [5.74, 6) is 0.206. The van der Waals surface area contributed by atoms with Crippen LogP contribution in [0.1, 0.15) is 138 Å². The highest BCUT2D eigenvalue weighted by molar-refractivity contribution is 6.74. The Morgan fingerprint density at radius 1 is 0.707 bits per heavy atom. The third-order valence-electron chi connectivity index (χ3n) is 9.96. The summed E-state index contributed by atoms with van der Waals surface area (Å²) in [6.07, 6.45) is 17.2. The molecule has 0 N–H and O–H groups in total. The summed E-state index contributed by atoms with van der Waals surface area (Å²) in [6, 6.07) is 0. The minimum Gasteiger partial charge on any atom is -0.414 e. The van der Waals surface area contributed by atoms with Crippen molar-refractivity contribution in [3.8, 4) is 0 Å². The van der Waals surface area contributed by atoms with Crippen LogP contribution >= 0.6 is 0 Å². The van der Waals surface area contributed by atoms with Crippen molar-refractivity contribution in [3.63, 3.8) is 0 Å². The van der Waals surface area contributed by atoms with E-state index in [9.17, 15) is 4.79 Å². The van der Waals surface area contributed by atoms with E-state index in [-0.39, 0.29) is 28.2 Å². The molecular formula is C34H71NO4Si2. The summed E-state index contributed by atoms with van der Waals surface area (Å²) in [4.78, 5) is 15.4. The molecule has 41 heavy (non-hydrogen) atoms. The molecule has 1 rings (SSSR count). The topological polar surface area (TPSA) is 48.0 Å². The van der Waals surface area contributed by atoms with E-state index < -0.39 is 16.6 Å². The van der Waals surface area contributed by atoms with E-state index in [1.165, 1.54) is 70.6 Å². The average molecular weight is 614 g/mol. The van der Waals surface area contributed by atoms with Crippen molar-refractivity contribution in [2.24, 2.45) is 0 Å². The molecule has 0 saturated carbocycles. The Kier molecular flexibility index (Phi) is 17.6. The van der Waals surface area contributed by atoms with Crippen LogP contribution in [0.25, 0.3) is 0 Å². The van der Waals surface area contributed by atoms with E-state index in [0.29, 0.717) is 32.7 Å². The van der Waals surface area contributed by atoms with Gasteiger partial charge in [-0.15, -0.1) is 0 Å². The van der Waals surface area contributed by atoms with E-state index >= 15 is 0 Å². The first-order chi connectivity index (χ1) is 19.0. The van der Waals surface area contributed by atoms with Gasteiger partial charge in [-0.25, -0.2) is 0 Å². The van der Waals surface area contributed by atoms with Gasteiger partial charge in [-0.05, 0) is 49.1 Å². The minimum absolute atomic E-state index is 0.0963. The van der Waals surface area contributed by atoms with E-state index in [0.717, 1.165) is 12.8 Å². The second-order valence-corrected chi connectivity index (χ2v) is 25.3. The molecule has 0 aromatic rings. The largest absolute Gasteiger partial charge is 0.414 e. The van der Waals surface area contributed by atoms with Gasteiger partial charge in [-0.1, -0.05) is 119 Å². The number of rotatable bonds is 20. The number of carbonyl (C=O) groups is 1. The number of morpholine rings is 1. The molecule has 1 aliphatic heterocycles. The molecule has 0 unspecified atom stereocenters. The zero-order valence-electron chi connectivity index (χ0n) is 29.5. The molecule has 7 heteroatoms. The molecule has 1 amide bonds. The van der Waals surface area contributed by atoms with Crippen molar-refractivity contribution in [3.05, 3.63) is 0 Å². The van der Waals surface area contributed by atoms with Crippen LogP contribution in [0.5, 0.6) is 0 Å². The maximum atomic E-state index is 13.4. The predicted octanol–water partition coefficient (Wildman–Crippen LogP) is 10.1. The Hall–Kier alpha value is -0.216. The van der Waals surface area contributed by atoms with Gasteiger partial charge in [0.15, 0.2) is 16.6 Å². The van der Waals surface area contributed by atoms with Crippen molar-refractivity contribution in [1.82, 2.24) is 4.90 Å².